The lowest BCUT2D eigenvalue weighted by Crippen LogP contribution is -2.57. The van der Waals surface area contributed by atoms with Gasteiger partial charge in [-0.15, -0.1) is 0 Å². The maximum atomic E-state index is 13.9. The second-order valence-corrected chi connectivity index (χ2v) is 10.8. The van der Waals surface area contributed by atoms with Crippen LogP contribution in [0.3, 0.4) is 0 Å². The second kappa shape index (κ2) is 12.8. The molecule has 0 radical (unpaired) electrons. The second-order valence-electron chi connectivity index (χ2n) is 10.8. The number of methoxy groups -OCH3 is 1. The van der Waals surface area contributed by atoms with E-state index in [0.29, 0.717) is 57.4 Å². The number of carbonyl (C=O) groups is 2. The summed E-state index contributed by atoms with van der Waals surface area (Å²) >= 11 is 0. The number of alkyl halides is 3. The number of carboxylic acids is 1. The zero-order valence-corrected chi connectivity index (χ0v) is 24.0. The maximum Gasteiger partial charge on any atom is 0.451 e. The largest absolute Gasteiger partial charge is 0.496 e. The number of nitrogens with one attached hydrogen (secondary N) is 1. The number of aromatic carboxylic acids is 1. The molecule has 0 saturated carbocycles. The number of amides is 1. The minimum atomic E-state index is -4.77. The molecule has 44 heavy (non-hydrogen) atoms. The van der Waals surface area contributed by atoms with Gasteiger partial charge in [0.05, 0.1) is 18.7 Å². The summed E-state index contributed by atoms with van der Waals surface area (Å²) in [5.41, 5.74) is 2.46. The van der Waals surface area contributed by atoms with Crippen LogP contribution in [0.25, 0.3) is 0 Å². The van der Waals surface area contributed by atoms with Gasteiger partial charge < -0.3 is 25.0 Å². The van der Waals surface area contributed by atoms with Crippen LogP contribution in [-0.2, 0) is 17.4 Å². The lowest BCUT2D eigenvalue weighted by atomic mass is 9.88. The molecule has 1 aromatic heterocycles. The third kappa shape index (κ3) is 6.69. The number of nitriles is 1. The summed E-state index contributed by atoms with van der Waals surface area (Å²) in [7, 11) is 1.41. The van der Waals surface area contributed by atoms with Crippen LogP contribution < -0.4 is 19.9 Å². The molecule has 5 rings (SSSR count). The van der Waals surface area contributed by atoms with Crippen LogP contribution in [0.5, 0.6) is 5.75 Å². The van der Waals surface area contributed by atoms with Crippen LogP contribution >= 0.6 is 0 Å². The van der Waals surface area contributed by atoms with E-state index in [0.717, 1.165) is 11.1 Å². The molecule has 0 aliphatic carbocycles. The number of piperidine rings is 1. The fourth-order valence-electron chi connectivity index (χ4n) is 5.57. The van der Waals surface area contributed by atoms with Crippen molar-refractivity contribution in [2.24, 2.45) is 0 Å². The molecular weight excluding hydrogens is 577 g/mol. The molecule has 3 aromatic rings. The molecule has 230 valence electrons. The Morgan fingerprint density at radius 3 is 2.34 bits per heavy atom. The van der Waals surface area contributed by atoms with Crippen molar-refractivity contribution in [3.05, 3.63) is 76.6 Å². The quantitative estimate of drug-likeness (QED) is 0.363. The number of aromatic nitrogens is 2. The number of nitrogens with zero attached hydrogens (tertiary/aromatic N) is 5. The van der Waals surface area contributed by atoms with Gasteiger partial charge in [0.2, 0.25) is 11.7 Å². The Morgan fingerprint density at radius 1 is 1.05 bits per heavy atom. The predicted octanol–water partition coefficient (Wildman–Crippen LogP) is 4.40. The van der Waals surface area contributed by atoms with Gasteiger partial charge >= 0.3 is 12.1 Å². The first-order valence-electron chi connectivity index (χ1n) is 14.2. The molecule has 2 N–H and O–H groups in total. The molecule has 2 aromatic carbocycles. The third-order valence-electron chi connectivity index (χ3n) is 8.11. The average molecular weight is 609 g/mol. The third-order valence-corrected chi connectivity index (χ3v) is 8.11. The van der Waals surface area contributed by atoms with Gasteiger partial charge in [0.1, 0.15) is 29.0 Å². The van der Waals surface area contributed by atoms with Gasteiger partial charge in [-0.25, -0.2) is 14.8 Å². The smallest absolute Gasteiger partial charge is 0.451 e. The van der Waals surface area contributed by atoms with Gasteiger partial charge in [-0.05, 0) is 67.0 Å². The summed E-state index contributed by atoms with van der Waals surface area (Å²) < 4.78 is 46.8. The number of hydrogen-bond acceptors (Lipinski definition) is 8. The molecule has 2 aliphatic rings. The molecule has 0 bridgehead atoms. The molecule has 0 spiro atoms. The van der Waals surface area contributed by atoms with Crippen LogP contribution in [0, 0.1) is 11.3 Å². The van der Waals surface area contributed by atoms with Gasteiger partial charge in [0.15, 0.2) is 0 Å². The van der Waals surface area contributed by atoms with Crippen molar-refractivity contribution >= 4 is 23.5 Å². The Labute approximate surface area is 252 Å². The molecule has 2 saturated heterocycles. The maximum absolute atomic E-state index is 13.9. The van der Waals surface area contributed by atoms with Crippen molar-refractivity contribution in [3.63, 3.8) is 0 Å². The van der Waals surface area contributed by atoms with E-state index in [9.17, 15) is 27.9 Å². The predicted molar refractivity (Wildman–Crippen MR) is 155 cm³/mol. The monoisotopic (exact) mass is 608 g/mol. The Morgan fingerprint density at radius 2 is 1.75 bits per heavy atom. The van der Waals surface area contributed by atoms with Crippen LogP contribution in [0.4, 0.5) is 24.8 Å². The SMILES string of the molecule is COc1cc(C2CCN(c3cc(N4CC[C@H]4C(=O)NCCc4ccc(C#N)cc4)nc(C(F)(F)F)n3)CC2)ccc1C(=O)O. The molecule has 2 fully saturated rings. The Bertz CT molecular complexity index is 1570. The van der Waals surface area contributed by atoms with E-state index in [1.165, 1.54) is 19.2 Å². The van der Waals surface area contributed by atoms with Crippen LogP contribution in [0.15, 0.2) is 48.5 Å². The van der Waals surface area contributed by atoms with Crippen LogP contribution in [-0.4, -0.2) is 66.3 Å². The average Bonchev–Trinajstić information content (AvgIpc) is 3.00. The highest BCUT2D eigenvalue weighted by molar-refractivity contribution is 5.91. The summed E-state index contributed by atoms with van der Waals surface area (Å²) in [6, 6.07) is 14.9. The highest BCUT2D eigenvalue weighted by Gasteiger charge is 2.40. The first-order valence-corrected chi connectivity index (χ1v) is 14.2. The zero-order valence-electron chi connectivity index (χ0n) is 24.0. The molecule has 13 heteroatoms. The van der Waals surface area contributed by atoms with Crippen molar-refractivity contribution in [1.29, 1.82) is 5.26 Å². The number of hydrogen-bond donors (Lipinski definition) is 2. The van der Waals surface area contributed by atoms with Gasteiger partial charge in [-0.2, -0.15) is 18.4 Å². The van der Waals surface area contributed by atoms with Crippen molar-refractivity contribution in [2.45, 2.75) is 43.8 Å². The van der Waals surface area contributed by atoms with Crippen LogP contribution in [0.1, 0.15) is 58.1 Å². The number of ether oxygens (including phenoxy) is 1. The lowest BCUT2D eigenvalue weighted by Gasteiger charge is -2.41. The number of carboxylic acid groups (broad SMARTS) is 1. The fraction of sp³-hybridized carbons (Fsp3) is 0.387. The fourth-order valence-corrected chi connectivity index (χ4v) is 5.57. The molecule has 10 nitrogen and oxygen atoms in total. The molecule has 2 aliphatic heterocycles. The van der Waals surface area contributed by atoms with Crippen LogP contribution in [0.2, 0.25) is 0 Å². The van der Waals surface area contributed by atoms with E-state index in [1.54, 1.807) is 34.1 Å². The molecule has 1 amide bonds. The molecule has 3 heterocycles. The number of carbonyl (C=O) groups excluding carboxylic acids is 1. The van der Waals surface area contributed by atoms with E-state index in [2.05, 4.69) is 21.4 Å². The van der Waals surface area contributed by atoms with Crippen molar-refractivity contribution in [2.75, 3.05) is 43.1 Å². The van der Waals surface area contributed by atoms with Gasteiger partial charge in [0.25, 0.3) is 0 Å². The minimum Gasteiger partial charge on any atom is -0.496 e. The Hall–Kier alpha value is -4.86. The zero-order chi connectivity index (χ0) is 31.4. The van der Waals surface area contributed by atoms with E-state index >= 15 is 0 Å². The minimum absolute atomic E-state index is 0.0527. The summed E-state index contributed by atoms with van der Waals surface area (Å²) in [6.07, 6.45) is -2.50. The molecular formula is C31H31F3N6O4. The first-order chi connectivity index (χ1) is 21.1. The van der Waals surface area contributed by atoms with Crippen molar-refractivity contribution in [1.82, 2.24) is 15.3 Å². The summed E-state index contributed by atoms with van der Waals surface area (Å²) in [4.78, 5) is 35.4. The van der Waals surface area contributed by atoms with E-state index < -0.39 is 24.0 Å². The topological polar surface area (TPSA) is 132 Å². The van der Waals surface area contributed by atoms with Gasteiger partial charge in [-0.3, -0.25) is 4.79 Å². The summed E-state index contributed by atoms with van der Waals surface area (Å²) in [5.74, 6) is -2.11. The lowest BCUT2D eigenvalue weighted by molar-refractivity contribution is -0.144. The summed E-state index contributed by atoms with van der Waals surface area (Å²) in [5, 5.41) is 21.1. The first kappa shape index (κ1) is 30.6. The van der Waals surface area contributed by atoms with Gasteiger partial charge in [-0.1, -0.05) is 18.2 Å². The Kier molecular flexibility index (Phi) is 8.89. The van der Waals surface area contributed by atoms with Crippen molar-refractivity contribution < 1.29 is 32.6 Å². The highest BCUT2D eigenvalue weighted by Crippen LogP contribution is 2.36. The summed E-state index contributed by atoms with van der Waals surface area (Å²) in [6.45, 7) is 1.59. The number of rotatable bonds is 9. The van der Waals surface area contributed by atoms with E-state index in [1.807, 2.05) is 12.1 Å². The number of benzene rings is 2. The van der Waals surface area contributed by atoms with E-state index in [4.69, 9.17) is 10.00 Å². The Balaban J connectivity index is 1.26. The molecule has 1 atom stereocenters. The standard InChI is InChI=1S/C31H31F3N6O4/c1-44-25-16-22(6-7-23(25)29(42)43)21-9-13-39(14-10-21)26-17-27(38-30(37-26)31(32,33)34)40-15-11-24(40)28(41)36-12-8-19-2-4-20(18-35)5-3-19/h2-7,16-17,21,24H,8-15H2,1H3,(H,36,41)(H,42,43)/t24-/m0/s1. The number of anilines is 2. The molecule has 0 unspecified atom stereocenters. The normalized spacial score (nSPS) is 17.0. The van der Waals surface area contributed by atoms with Crippen molar-refractivity contribution in [3.8, 4) is 11.8 Å². The highest BCUT2D eigenvalue weighted by atomic mass is 19.4. The number of halogens is 3. The van der Waals surface area contributed by atoms with E-state index in [-0.39, 0.29) is 34.8 Å². The van der Waals surface area contributed by atoms with Gasteiger partial charge in [0, 0.05) is 32.2 Å².